The summed E-state index contributed by atoms with van der Waals surface area (Å²) in [6.45, 7) is 10.9. The minimum absolute atomic E-state index is 0.598. The Morgan fingerprint density at radius 2 is 1.95 bits per heavy atom. The van der Waals surface area contributed by atoms with Crippen molar-refractivity contribution in [2.45, 2.75) is 40.0 Å². The quantitative estimate of drug-likeness (QED) is 0.842. The fourth-order valence-corrected chi connectivity index (χ4v) is 3.13. The average Bonchev–Trinajstić information content (AvgIpc) is 2.90. The molecule has 19 heavy (non-hydrogen) atoms. The Morgan fingerprint density at radius 1 is 1.21 bits per heavy atom. The van der Waals surface area contributed by atoms with E-state index in [0.717, 1.165) is 18.9 Å². The highest BCUT2D eigenvalue weighted by molar-refractivity contribution is 5.41. The molecule has 0 aromatic carbocycles. The second-order valence-electron chi connectivity index (χ2n) is 5.61. The SMILES string of the molecule is CC.Cc1ccnc(N2CCC3(CCNC3)CC2)c1. The van der Waals surface area contributed by atoms with Crippen molar-refractivity contribution in [2.75, 3.05) is 31.1 Å². The van der Waals surface area contributed by atoms with Gasteiger partial charge in [0.25, 0.3) is 0 Å². The minimum atomic E-state index is 0.598. The Kier molecular flexibility index (Phi) is 4.81. The standard InChI is InChI=1S/C14H21N3.C2H6/c1-12-2-6-16-13(10-12)17-8-4-14(5-9-17)3-7-15-11-14;1-2/h2,6,10,15H,3-5,7-9,11H2,1H3;1-2H3. The van der Waals surface area contributed by atoms with Crippen LogP contribution in [0.1, 0.15) is 38.7 Å². The van der Waals surface area contributed by atoms with Crippen molar-refractivity contribution in [1.29, 1.82) is 0 Å². The molecule has 3 nitrogen and oxygen atoms in total. The second-order valence-corrected chi connectivity index (χ2v) is 5.61. The molecule has 0 amide bonds. The molecule has 3 rings (SSSR count). The lowest BCUT2D eigenvalue weighted by Gasteiger charge is -2.39. The van der Waals surface area contributed by atoms with Crippen LogP contribution >= 0.6 is 0 Å². The molecule has 2 fully saturated rings. The molecule has 0 unspecified atom stereocenters. The Balaban J connectivity index is 0.000000637. The number of rotatable bonds is 1. The summed E-state index contributed by atoms with van der Waals surface area (Å²) >= 11 is 0. The van der Waals surface area contributed by atoms with E-state index in [2.05, 4.69) is 34.3 Å². The highest BCUT2D eigenvalue weighted by atomic mass is 15.2. The van der Waals surface area contributed by atoms with Gasteiger partial charge in [-0.25, -0.2) is 4.98 Å². The van der Waals surface area contributed by atoms with Crippen molar-refractivity contribution in [3.05, 3.63) is 23.9 Å². The lowest BCUT2D eigenvalue weighted by molar-refractivity contribution is 0.247. The number of aryl methyl sites for hydroxylation is 1. The van der Waals surface area contributed by atoms with Gasteiger partial charge in [-0.1, -0.05) is 13.8 Å². The third-order valence-electron chi connectivity index (χ3n) is 4.38. The van der Waals surface area contributed by atoms with Crippen LogP contribution in [0.3, 0.4) is 0 Å². The lowest BCUT2D eigenvalue weighted by atomic mass is 9.78. The van der Waals surface area contributed by atoms with Crippen molar-refractivity contribution < 1.29 is 0 Å². The number of pyridine rings is 1. The first-order chi connectivity index (χ1) is 9.27. The maximum absolute atomic E-state index is 4.49. The first kappa shape index (κ1) is 14.3. The molecule has 1 spiro atoms. The Hall–Kier alpha value is -1.09. The summed E-state index contributed by atoms with van der Waals surface area (Å²) < 4.78 is 0. The highest BCUT2D eigenvalue weighted by Gasteiger charge is 2.37. The van der Waals surface area contributed by atoms with Crippen LogP contribution in [0.5, 0.6) is 0 Å². The van der Waals surface area contributed by atoms with Crippen LogP contribution in [0.15, 0.2) is 18.3 Å². The van der Waals surface area contributed by atoms with Crippen molar-refractivity contribution in [3.8, 4) is 0 Å². The van der Waals surface area contributed by atoms with Gasteiger partial charge in [0.15, 0.2) is 0 Å². The maximum Gasteiger partial charge on any atom is 0.128 e. The van der Waals surface area contributed by atoms with Crippen molar-refractivity contribution in [3.63, 3.8) is 0 Å². The monoisotopic (exact) mass is 261 g/mol. The van der Waals surface area contributed by atoms with Gasteiger partial charge in [-0.2, -0.15) is 0 Å². The molecule has 2 aliphatic rings. The molecular formula is C16H27N3. The van der Waals surface area contributed by atoms with Gasteiger partial charge >= 0.3 is 0 Å². The molecule has 0 atom stereocenters. The number of aromatic nitrogens is 1. The normalized spacial score (nSPS) is 21.1. The van der Waals surface area contributed by atoms with Crippen molar-refractivity contribution in [2.24, 2.45) is 5.41 Å². The van der Waals surface area contributed by atoms with E-state index in [9.17, 15) is 0 Å². The number of anilines is 1. The lowest BCUT2D eigenvalue weighted by Crippen LogP contribution is -2.41. The molecule has 1 N–H and O–H groups in total. The summed E-state index contributed by atoms with van der Waals surface area (Å²) in [7, 11) is 0. The van der Waals surface area contributed by atoms with Crippen LogP contribution in [-0.2, 0) is 0 Å². The molecular weight excluding hydrogens is 234 g/mol. The van der Waals surface area contributed by atoms with Gasteiger partial charge in [0.1, 0.15) is 5.82 Å². The van der Waals surface area contributed by atoms with E-state index in [0.29, 0.717) is 5.41 Å². The van der Waals surface area contributed by atoms with E-state index in [1.165, 1.54) is 37.9 Å². The number of piperidine rings is 1. The summed E-state index contributed by atoms with van der Waals surface area (Å²) in [5, 5.41) is 3.51. The summed E-state index contributed by atoms with van der Waals surface area (Å²) in [6.07, 6.45) is 5.92. The maximum atomic E-state index is 4.49. The predicted octanol–water partition coefficient (Wildman–Crippen LogP) is 3.00. The van der Waals surface area contributed by atoms with Gasteiger partial charge in [-0.3, -0.25) is 0 Å². The molecule has 2 saturated heterocycles. The van der Waals surface area contributed by atoms with Gasteiger partial charge < -0.3 is 10.2 Å². The van der Waals surface area contributed by atoms with E-state index in [-0.39, 0.29) is 0 Å². The van der Waals surface area contributed by atoms with Crippen LogP contribution in [0.25, 0.3) is 0 Å². The zero-order chi connectivity index (χ0) is 13.7. The molecule has 3 heteroatoms. The van der Waals surface area contributed by atoms with Gasteiger partial charge in [0.2, 0.25) is 0 Å². The Morgan fingerprint density at radius 3 is 2.53 bits per heavy atom. The summed E-state index contributed by atoms with van der Waals surface area (Å²) in [5.41, 5.74) is 1.90. The molecule has 1 aromatic rings. The average molecular weight is 261 g/mol. The summed E-state index contributed by atoms with van der Waals surface area (Å²) in [5.74, 6) is 1.16. The number of hydrogen-bond acceptors (Lipinski definition) is 3. The van der Waals surface area contributed by atoms with Gasteiger partial charge in [-0.05, 0) is 55.8 Å². The van der Waals surface area contributed by atoms with Gasteiger partial charge in [0.05, 0.1) is 0 Å². The van der Waals surface area contributed by atoms with E-state index in [4.69, 9.17) is 0 Å². The molecule has 3 heterocycles. The second kappa shape index (κ2) is 6.38. The van der Waals surface area contributed by atoms with Crippen LogP contribution in [0.2, 0.25) is 0 Å². The van der Waals surface area contributed by atoms with E-state index in [1.54, 1.807) is 0 Å². The zero-order valence-corrected chi connectivity index (χ0v) is 12.6. The van der Waals surface area contributed by atoms with Crippen molar-refractivity contribution in [1.82, 2.24) is 10.3 Å². The largest absolute Gasteiger partial charge is 0.357 e. The molecule has 0 bridgehead atoms. The first-order valence-corrected chi connectivity index (χ1v) is 7.66. The Labute approximate surface area is 117 Å². The van der Waals surface area contributed by atoms with Gasteiger partial charge in [0, 0.05) is 25.8 Å². The molecule has 0 radical (unpaired) electrons. The highest BCUT2D eigenvalue weighted by Crippen LogP contribution is 2.37. The van der Waals surface area contributed by atoms with E-state index < -0.39 is 0 Å². The van der Waals surface area contributed by atoms with Gasteiger partial charge in [-0.15, -0.1) is 0 Å². The van der Waals surface area contributed by atoms with Crippen LogP contribution in [0.4, 0.5) is 5.82 Å². The Bertz CT molecular complexity index is 387. The summed E-state index contributed by atoms with van der Waals surface area (Å²) in [4.78, 5) is 6.93. The topological polar surface area (TPSA) is 28.2 Å². The molecule has 0 saturated carbocycles. The molecule has 0 aliphatic carbocycles. The third-order valence-corrected chi connectivity index (χ3v) is 4.38. The van der Waals surface area contributed by atoms with Crippen molar-refractivity contribution >= 4 is 5.82 Å². The molecule has 106 valence electrons. The zero-order valence-electron chi connectivity index (χ0n) is 12.6. The number of nitrogens with one attached hydrogen (secondary N) is 1. The number of nitrogens with zero attached hydrogens (tertiary/aromatic N) is 2. The summed E-state index contributed by atoms with van der Waals surface area (Å²) in [6, 6.07) is 4.26. The number of hydrogen-bond donors (Lipinski definition) is 1. The van der Waals surface area contributed by atoms with Crippen LogP contribution < -0.4 is 10.2 Å². The fraction of sp³-hybridized carbons (Fsp3) is 0.688. The third kappa shape index (κ3) is 3.27. The van der Waals surface area contributed by atoms with E-state index in [1.807, 2.05) is 20.0 Å². The minimum Gasteiger partial charge on any atom is -0.357 e. The van der Waals surface area contributed by atoms with E-state index >= 15 is 0 Å². The van der Waals surface area contributed by atoms with Crippen LogP contribution in [-0.4, -0.2) is 31.2 Å². The predicted molar refractivity (Wildman–Crippen MR) is 81.7 cm³/mol. The molecule has 2 aliphatic heterocycles. The molecule has 1 aromatic heterocycles. The van der Waals surface area contributed by atoms with Crippen LogP contribution in [0, 0.1) is 12.3 Å². The smallest absolute Gasteiger partial charge is 0.128 e. The first-order valence-electron chi connectivity index (χ1n) is 7.66. The fourth-order valence-electron chi connectivity index (χ4n) is 3.13.